The van der Waals surface area contributed by atoms with Crippen LogP contribution in [-0.4, -0.2) is 35.4 Å². The van der Waals surface area contributed by atoms with Crippen LogP contribution in [0, 0.1) is 0 Å². The highest BCUT2D eigenvalue weighted by Crippen LogP contribution is 2.43. The molecular weight excluding hydrogens is 274 g/mol. The van der Waals surface area contributed by atoms with E-state index in [-0.39, 0.29) is 17.6 Å². The molecule has 0 saturated heterocycles. The summed E-state index contributed by atoms with van der Waals surface area (Å²) in [5.41, 5.74) is 1.71. The van der Waals surface area contributed by atoms with Gasteiger partial charge in [0.05, 0.1) is 20.4 Å². The van der Waals surface area contributed by atoms with E-state index in [0.29, 0.717) is 23.7 Å². The van der Waals surface area contributed by atoms with E-state index < -0.39 is 0 Å². The van der Waals surface area contributed by atoms with Gasteiger partial charge in [-0.15, -0.1) is 0 Å². The van der Waals surface area contributed by atoms with Crippen molar-refractivity contribution in [2.75, 3.05) is 19.5 Å². The Morgan fingerprint density at radius 1 is 1.29 bits per heavy atom. The number of aromatic hydroxyl groups is 1. The number of amides is 1. The molecule has 0 bridgehead atoms. The molecule has 0 fully saturated rings. The molecule has 0 unspecified atom stereocenters. The molecule has 1 aliphatic heterocycles. The van der Waals surface area contributed by atoms with Crippen LogP contribution in [0.5, 0.6) is 17.2 Å². The molecule has 1 atom stereocenters. The first-order valence-electron chi connectivity index (χ1n) is 6.42. The van der Waals surface area contributed by atoms with Gasteiger partial charge in [-0.25, -0.2) is 0 Å². The van der Waals surface area contributed by atoms with Crippen molar-refractivity contribution in [1.29, 1.82) is 0 Å². The van der Waals surface area contributed by atoms with E-state index in [9.17, 15) is 9.90 Å². The summed E-state index contributed by atoms with van der Waals surface area (Å²) in [6.45, 7) is 0. The number of aromatic amines is 1. The Morgan fingerprint density at radius 2 is 1.95 bits per heavy atom. The van der Waals surface area contributed by atoms with Gasteiger partial charge in [-0.2, -0.15) is 5.10 Å². The van der Waals surface area contributed by atoms with E-state index in [2.05, 4.69) is 15.5 Å². The fraction of sp³-hybridized carbons (Fsp3) is 0.286. The van der Waals surface area contributed by atoms with Crippen LogP contribution in [0.15, 0.2) is 18.3 Å². The Hall–Kier alpha value is -2.70. The predicted octanol–water partition coefficient (Wildman–Crippen LogP) is 1.61. The summed E-state index contributed by atoms with van der Waals surface area (Å²) in [5.74, 6) is 0.887. The molecular formula is C14H15N3O4. The van der Waals surface area contributed by atoms with Crippen LogP contribution >= 0.6 is 0 Å². The maximum atomic E-state index is 11.8. The first kappa shape index (κ1) is 13.3. The van der Waals surface area contributed by atoms with Crippen molar-refractivity contribution in [2.45, 2.75) is 12.3 Å². The van der Waals surface area contributed by atoms with E-state index in [1.807, 2.05) is 0 Å². The topological polar surface area (TPSA) is 96.5 Å². The number of aromatic nitrogens is 2. The highest BCUT2D eigenvalue weighted by atomic mass is 16.5. The van der Waals surface area contributed by atoms with Crippen LogP contribution in [0.3, 0.4) is 0 Å². The number of phenolic OH excluding ortho intramolecular Hbond substituents is 1. The number of benzene rings is 1. The molecule has 7 heteroatoms. The minimum absolute atomic E-state index is 0.0589. The average Bonchev–Trinajstić information content (AvgIpc) is 2.94. The lowest BCUT2D eigenvalue weighted by Crippen LogP contribution is -2.23. The normalized spacial score (nSPS) is 17.0. The number of hydrogen-bond donors (Lipinski definition) is 3. The van der Waals surface area contributed by atoms with Gasteiger partial charge in [-0.05, 0) is 17.7 Å². The molecule has 0 saturated carbocycles. The number of carbonyl (C=O) groups is 1. The number of phenols is 1. The molecule has 7 nitrogen and oxygen atoms in total. The maximum absolute atomic E-state index is 11.8. The van der Waals surface area contributed by atoms with Gasteiger partial charge in [-0.1, -0.05) is 0 Å². The van der Waals surface area contributed by atoms with Crippen molar-refractivity contribution in [3.05, 3.63) is 29.5 Å². The van der Waals surface area contributed by atoms with Crippen LogP contribution in [0.25, 0.3) is 0 Å². The molecule has 0 spiro atoms. The van der Waals surface area contributed by atoms with Gasteiger partial charge in [0.25, 0.3) is 0 Å². The number of anilines is 1. The molecule has 0 radical (unpaired) electrons. The molecule has 0 aliphatic carbocycles. The van der Waals surface area contributed by atoms with Gasteiger partial charge in [0.1, 0.15) is 5.82 Å². The second-order valence-corrected chi connectivity index (χ2v) is 4.78. The number of fused-ring (bicyclic) bond motifs is 1. The van der Waals surface area contributed by atoms with Crippen molar-refractivity contribution < 1.29 is 19.4 Å². The molecule has 110 valence electrons. The summed E-state index contributed by atoms with van der Waals surface area (Å²) in [7, 11) is 2.93. The van der Waals surface area contributed by atoms with Crippen molar-refractivity contribution in [3.63, 3.8) is 0 Å². The fourth-order valence-electron chi connectivity index (χ4n) is 2.56. The first-order chi connectivity index (χ1) is 10.1. The van der Waals surface area contributed by atoms with Crippen LogP contribution < -0.4 is 14.8 Å². The van der Waals surface area contributed by atoms with Gasteiger partial charge in [0.15, 0.2) is 11.5 Å². The predicted molar refractivity (Wildman–Crippen MR) is 74.9 cm³/mol. The molecule has 1 aromatic carbocycles. The SMILES string of the molecule is COc1cc([C@@H]2CC(=O)Nc3[nH]ncc32)cc(OC)c1O. The zero-order valence-electron chi connectivity index (χ0n) is 11.6. The van der Waals surface area contributed by atoms with E-state index in [0.717, 1.165) is 11.1 Å². The van der Waals surface area contributed by atoms with Gasteiger partial charge in [0.2, 0.25) is 11.7 Å². The van der Waals surface area contributed by atoms with Crippen molar-refractivity contribution in [1.82, 2.24) is 10.2 Å². The zero-order chi connectivity index (χ0) is 15.0. The Morgan fingerprint density at radius 3 is 2.57 bits per heavy atom. The number of methoxy groups -OCH3 is 2. The summed E-state index contributed by atoms with van der Waals surface area (Å²) < 4.78 is 10.3. The maximum Gasteiger partial charge on any atom is 0.226 e. The standard InChI is InChI=1S/C14H15N3O4/c1-20-10-3-7(4-11(21-2)13(10)19)8-5-12(18)16-14-9(8)6-15-17-14/h3-4,6,8,19H,5H2,1-2H3,(H2,15,16,17,18)/t8-/m0/s1. The Balaban J connectivity index is 2.11. The number of nitrogens with one attached hydrogen (secondary N) is 2. The monoisotopic (exact) mass is 289 g/mol. The lowest BCUT2D eigenvalue weighted by atomic mass is 9.87. The third kappa shape index (κ3) is 2.16. The number of carbonyl (C=O) groups excluding carboxylic acids is 1. The van der Waals surface area contributed by atoms with Gasteiger partial charge in [-0.3, -0.25) is 9.89 Å². The third-order valence-electron chi connectivity index (χ3n) is 3.60. The van der Waals surface area contributed by atoms with Gasteiger partial charge < -0.3 is 19.9 Å². The summed E-state index contributed by atoms with van der Waals surface area (Å²) >= 11 is 0. The van der Waals surface area contributed by atoms with Crippen LogP contribution in [0.4, 0.5) is 5.82 Å². The van der Waals surface area contributed by atoms with Crippen molar-refractivity contribution in [2.24, 2.45) is 0 Å². The Labute approximate surface area is 120 Å². The number of nitrogens with zero attached hydrogens (tertiary/aromatic N) is 1. The second kappa shape index (κ2) is 5.01. The lowest BCUT2D eigenvalue weighted by molar-refractivity contribution is -0.116. The van der Waals surface area contributed by atoms with Crippen molar-refractivity contribution in [3.8, 4) is 17.2 Å². The Bertz CT molecular complexity index is 670. The Kier molecular flexibility index (Phi) is 3.17. The fourth-order valence-corrected chi connectivity index (χ4v) is 2.56. The van der Waals surface area contributed by atoms with Crippen LogP contribution in [0.1, 0.15) is 23.5 Å². The molecule has 3 N–H and O–H groups in total. The van der Waals surface area contributed by atoms with Gasteiger partial charge >= 0.3 is 0 Å². The number of hydrogen-bond acceptors (Lipinski definition) is 5. The zero-order valence-corrected chi connectivity index (χ0v) is 11.6. The van der Waals surface area contributed by atoms with E-state index >= 15 is 0 Å². The molecule has 1 aromatic heterocycles. The lowest BCUT2D eigenvalue weighted by Gasteiger charge is -2.23. The van der Waals surface area contributed by atoms with E-state index in [1.54, 1.807) is 18.3 Å². The minimum atomic E-state index is -0.170. The highest BCUT2D eigenvalue weighted by Gasteiger charge is 2.29. The second-order valence-electron chi connectivity index (χ2n) is 4.78. The van der Waals surface area contributed by atoms with Crippen LogP contribution in [0.2, 0.25) is 0 Å². The third-order valence-corrected chi connectivity index (χ3v) is 3.60. The molecule has 1 amide bonds. The smallest absolute Gasteiger partial charge is 0.226 e. The summed E-state index contributed by atoms with van der Waals surface area (Å²) in [6, 6.07) is 3.41. The largest absolute Gasteiger partial charge is 0.502 e. The minimum Gasteiger partial charge on any atom is -0.502 e. The van der Waals surface area contributed by atoms with E-state index in [1.165, 1.54) is 14.2 Å². The molecule has 21 heavy (non-hydrogen) atoms. The first-order valence-corrected chi connectivity index (χ1v) is 6.42. The van der Waals surface area contributed by atoms with E-state index in [4.69, 9.17) is 9.47 Å². The highest BCUT2D eigenvalue weighted by molar-refractivity contribution is 5.94. The number of H-pyrrole nitrogens is 1. The quantitative estimate of drug-likeness (QED) is 0.797. The molecule has 2 aromatic rings. The van der Waals surface area contributed by atoms with Crippen molar-refractivity contribution >= 4 is 11.7 Å². The summed E-state index contributed by atoms with van der Waals surface area (Å²) in [6.07, 6.45) is 1.98. The van der Waals surface area contributed by atoms with Gasteiger partial charge in [0, 0.05) is 17.9 Å². The molecule has 3 rings (SSSR count). The van der Waals surface area contributed by atoms with Crippen LogP contribution in [-0.2, 0) is 4.79 Å². The molecule has 2 heterocycles. The summed E-state index contributed by atoms with van der Waals surface area (Å²) in [5, 5.41) is 19.4. The number of rotatable bonds is 3. The molecule has 1 aliphatic rings. The number of ether oxygens (including phenoxy) is 2. The average molecular weight is 289 g/mol. The summed E-state index contributed by atoms with van der Waals surface area (Å²) in [4.78, 5) is 11.8.